The van der Waals surface area contributed by atoms with E-state index < -0.39 is 48.0 Å². The number of rotatable bonds is 13. The Balaban J connectivity index is 2.80. The van der Waals surface area contributed by atoms with Crippen molar-refractivity contribution in [2.45, 2.75) is 77.0 Å². The van der Waals surface area contributed by atoms with Gasteiger partial charge in [-0.15, -0.1) is 0 Å². The second-order valence-electron chi connectivity index (χ2n) is 8.68. The first kappa shape index (κ1) is 27.5. The Bertz CT molecular complexity index is 691. The molecule has 1 saturated carbocycles. The molecule has 1 rings (SSSR count). The third-order valence-corrected chi connectivity index (χ3v) is 5.38. The third-order valence-electron chi connectivity index (χ3n) is 5.38. The van der Waals surface area contributed by atoms with E-state index in [1.807, 2.05) is 13.8 Å². The minimum atomic E-state index is -1.47. The highest BCUT2D eigenvalue weighted by Gasteiger charge is 2.35. The molecule has 1 fully saturated rings. The zero-order valence-electron chi connectivity index (χ0n) is 19.0. The predicted molar refractivity (Wildman–Crippen MR) is 113 cm³/mol. The second kappa shape index (κ2) is 13.1. The lowest BCUT2D eigenvalue weighted by atomic mass is 10.0. The van der Waals surface area contributed by atoms with E-state index >= 15 is 0 Å². The van der Waals surface area contributed by atoms with Gasteiger partial charge in [0.25, 0.3) is 0 Å². The van der Waals surface area contributed by atoms with Crippen molar-refractivity contribution in [3.05, 3.63) is 0 Å². The number of hydrogen-bond acceptors (Lipinski definition) is 9. The van der Waals surface area contributed by atoms with Gasteiger partial charge in [0.05, 0.1) is 5.92 Å². The first-order valence-corrected chi connectivity index (χ1v) is 10.8. The number of nitrogens with two attached hydrogens (primary N) is 2. The van der Waals surface area contributed by atoms with Gasteiger partial charge in [0.2, 0.25) is 12.0 Å². The van der Waals surface area contributed by atoms with Crippen LogP contribution in [0.15, 0.2) is 0 Å². The number of carbonyl (C=O) groups excluding carboxylic acids is 4. The van der Waals surface area contributed by atoms with Crippen molar-refractivity contribution in [3.63, 3.8) is 0 Å². The molecule has 0 aromatic carbocycles. The number of carbonyl (C=O) groups is 5. The van der Waals surface area contributed by atoms with Gasteiger partial charge in [0, 0.05) is 13.0 Å². The summed E-state index contributed by atoms with van der Waals surface area (Å²) in [5, 5.41) is 9.51. The average Bonchev–Trinajstić information content (AvgIpc) is 3.24. The van der Waals surface area contributed by atoms with Crippen LogP contribution in [0.4, 0.5) is 0 Å². The monoisotopic (exact) mass is 457 g/mol. The van der Waals surface area contributed by atoms with Gasteiger partial charge in [-0.05, 0) is 38.6 Å². The lowest BCUT2D eigenvalue weighted by molar-refractivity contribution is -0.170. The van der Waals surface area contributed by atoms with Crippen molar-refractivity contribution in [2.75, 3.05) is 13.6 Å². The van der Waals surface area contributed by atoms with Gasteiger partial charge in [-0.25, -0.2) is 14.4 Å². The number of ether oxygens (including phenoxy) is 2. The summed E-state index contributed by atoms with van der Waals surface area (Å²) in [6.45, 7) is 3.44. The standard InChI is InChI=1S/C21H35N3O8/c1-12(2)10-15(21(30)32-20(29)14(22)8-9-17(23)25)24(3)11-16(18(26)27)31-19(28)13-6-4-5-7-13/h12-16H,4-11,22H2,1-3H3,(H2,23,25)(H,26,27)/t14-,15-,16?/m0/s1. The van der Waals surface area contributed by atoms with Crippen molar-refractivity contribution < 1.29 is 38.6 Å². The van der Waals surface area contributed by atoms with Gasteiger partial charge in [-0.3, -0.25) is 14.5 Å². The quantitative estimate of drug-likeness (QED) is 0.255. The molecule has 0 aromatic heterocycles. The molecule has 0 heterocycles. The fraction of sp³-hybridized carbons (Fsp3) is 0.762. The zero-order chi connectivity index (χ0) is 24.4. The maximum atomic E-state index is 12.7. The molecule has 1 aliphatic rings. The number of carboxylic acid groups (broad SMARTS) is 1. The highest BCUT2D eigenvalue weighted by atomic mass is 16.6. The molecular weight excluding hydrogens is 422 g/mol. The molecule has 0 radical (unpaired) electrons. The van der Waals surface area contributed by atoms with Crippen LogP contribution in [-0.4, -0.2) is 71.6 Å². The Morgan fingerprint density at radius 2 is 1.69 bits per heavy atom. The molecule has 3 atom stereocenters. The summed E-state index contributed by atoms with van der Waals surface area (Å²) in [7, 11) is 1.49. The Morgan fingerprint density at radius 3 is 2.19 bits per heavy atom. The topological polar surface area (TPSA) is 179 Å². The van der Waals surface area contributed by atoms with E-state index in [2.05, 4.69) is 0 Å². The summed E-state index contributed by atoms with van der Waals surface area (Å²) in [4.78, 5) is 60.9. The predicted octanol–water partition coefficient (Wildman–Crippen LogP) is 0.182. The van der Waals surface area contributed by atoms with E-state index in [0.29, 0.717) is 12.8 Å². The van der Waals surface area contributed by atoms with E-state index in [9.17, 15) is 29.1 Å². The Morgan fingerprint density at radius 1 is 1.09 bits per heavy atom. The highest BCUT2D eigenvalue weighted by Crippen LogP contribution is 2.26. The van der Waals surface area contributed by atoms with E-state index in [0.717, 1.165) is 12.8 Å². The van der Waals surface area contributed by atoms with E-state index in [1.165, 1.54) is 11.9 Å². The molecule has 0 saturated heterocycles. The molecule has 1 unspecified atom stereocenters. The summed E-state index contributed by atoms with van der Waals surface area (Å²) in [6, 6.07) is -2.16. The first-order valence-electron chi connectivity index (χ1n) is 10.8. The molecule has 1 aliphatic carbocycles. The van der Waals surface area contributed by atoms with Crippen molar-refractivity contribution in [3.8, 4) is 0 Å². The molecule has 11 heteroatoms. The lowest BCUT2D eigenvalue weighted by Gasteiger charge is -2.29. The van der Waals surface area contributed by atoms with Gasteiger partial charge < -0.3 is 26.0 Å². The number of hydrogen-bond donors (Lipinski definition) is 3. The maximum absolute atomic E-state index is 12.7. The van der Waals surface area contributed by atoms with Gasteiger partial charge in [0.15, 0.2) is 0 Å². The summed E-state index contributed by atoms with van der Waals surface area (Å²) in [6.07, 6.45) is 1.73. The number of primary amides is 1. The van der Waals surface area contributed by atoms with Crippen LogP contribution in [0.2, 0.25) is 0 Å². The summed E-state index contributed by atoms with van der Waals surface area (Å²) in [5.74, 6) is -4.71. The van der Waals surface area contributed by atoms with Crippen LogP contribution >= 0.6 is 0 Å². The van der Waals surface area contributed by atoms with Gasteiger partial charge in [-0.1, -0.05) is 26.7 Å². The fourth-order valence-corrected chi connectivity index (χ4v) is 3.51. The van der Waals surface area contributed by atoms with Crippen LogP contribution in [0.5, 0.6) is 0 Å². The normalized spacial score (nSPS) is 17.1. The van der Waals surface area contributed by atoms with Crippen molar-refractivity contribution in [2.24, 2.45) is 23.3 Å². The fourth-order valence-electron chi connectivity index (χ4n) is 3.51. The number of esters is 3. The molecule has 0 aliphatic heterocycles. The minimum Gasteiger partial charge on any atom is -0.478 e. The highest BCUT2D eigenvalue weighted by molar-refractivity contribution is 5.91. The smallest absolute Gasteiger partial charge is 0.346 e. The molecule has 5 N–H and O–H groups in total. The summed E-state index contributed by atoms with van der Waals surface area (Å²) < 4.78 is 10.1. The van der Waals surface area contributed by atoms with Crippen LogP contribution < -0.4 is 11.5 Å². The van der Waals surface area contributed by atoms with Crippen LogP contribution in [0.3, 0.4) is 0 Å². The third kappa shape index (κ3) is 9.31. The van der Waals surface area contributed by atoms with E-state index in [1.54, 1.807) is 0 Å². The number of amides is 1. The Hall–Kier alpha value is -2.53. The molecule has 182 valence electrons. The Kier molecular flexibility index (Phi) is 11.3. The van der Waals surface area contributed by atoms with Gasteiger partial charge >= 0.3 is 23.9 Å². The average molecular weight is 458 g/mol. The van der Waals surface area contributed by atoms with Crippen molar-refractivity contribution in [1.82, 2.24) is 4.90 Å². The zero-order valence-corrected chi connectivity index (χ0v) is 19.0. The Labute approximate surface area is 187 Å². The molecule has 0 spiro atoms. The number of carboxylic acids is 1. The van der Waals surface area contributed by atoms with Crippen molar-refractivity contribution in [1.29, 1.82) is 0 Å². The molecule has 32 heavy (non-hydrogen) atoms. The van der Waals surface area contributed by atoms with Crippen LogP contribution in [-0.2, 0) is 33.4 Å². The molecule has 11 nitrogen and oxygen atoms in total. The van der Waals surface area contributed by atoms with Crippen molar-refractivity contribution >= 4 is 29.8 Å². The molecule has 0 bridgehead atoms. The second-order valence-corrected chi connectivity index (χ2v) is 8.68. The number of aliphatic carboxylic acids is 1. The van der Waals surface area contributed by atoms with E-state index in [-0.39, 0.29) is 37.6 Å². The molecule has 1 amide bonds. The SMILES string of the molecule is CC(C)C[C@@H](C(=O)OC(=O)[C@@H](N)CCC(N)=O)N(C)CC(OC(=O)C1CCCC1)C(=O)O. The number of likely N-dealkylation sites (N-methyl/N-ethyl adjacent to an activating group) is 1. The van der Waals surface area contributed by atoms with Crippen LogP contribution in [0.25, 0.3) is 0 Å². The molecule has 0 aromatic rings. The summed E-state index contributed by atoms with van der Waals surface area (Å²) >= 11 is 0. The minimum absolute atomic E-state index is 0.0120. The maximum Gasteiger partial charge on any atom is 0.346 e. The summed E-state index contributed by atoms with van der Waals surface area (Å²) in [5.41, 5.74) is 10.7. The molecular formula is C21H35N3O8. The lowest BCUT2D eigenvalue weighted by Crippen LogP contribution is -2.48. The van der Waals surface area contributed by atoms with Gasteiger partial charge in [0.1, 0.15) is 12.1 Å². The first-order chi connectivity index (χ1) is 14.9. The van der Waals surface area contributed by atoms with Crippen LogP contribution in [0, 0.1) is 11.8 Å². The van der Waals surface area contributed by atoms with E-state index in [4.69, 9.17) is 20.9 Å². The number of nitrogens with zero attached hydrogens (tertiary/aromatic N) is 1. The van der Waals surface area contributed by atoms with Crippen LogP contribution in [0.1, 0.15) is 58.8 Å². The van der Waals surface area contributed by atoms with Gasteiger partial charge in [-0.2, -0.15) is 0 Å². The largest absolute Gasteiger partial charge is 0.478 e.